The van der Waals surface area contributed by atoms with Gasteiger partial charge in [-0.2, -0.15) is 0 Å². The Morgan fingerprint density at radius 2 is 1.88 bits per heavy atom. The molecule has 2 rings (SSSR count). The minimum atomic E-state index is -0.387. The van der Waals surface area contributed by atoms with Crippen LogP contribution in [0.2, 0.25) is 0 Å². The van der Waals surface area contributed by atoms with Crippen molar-refractivity contribution in [3.05, 3.63) is 36.4 Å². The van der Waals surface area contributed by atoms with Crippen molar-refractivity contribution in [3.63, 3.8) is 0 Å². The maximum atomic E-state index is 11.1. The average Bonchev–Trinajstić information content (AvgIpc) is 2.99. The largest absolute Gasteiger partial charge is 0.460 e. The van der Waals surface area contributed by atoms with Crippen LogP contribution in [-0.4, -0.2) is 49.7 Å². The van der Waals surface area contributed by atoms with Crippen molar-refractivity contribution in [1.82, 2.24) is 4.98 Å². The number of thiazole rings is 1. The second kappa shape index (κ2) is 10.5. The van der Waals surface area contributed by atoms with Gasteiger partial charge in [-0.25, -0.2) is 9.78 Å². The Labute approximate surface area is 150 Å². The fourth-order valence-electron chi connectivity index (χ4n) is 1.74. The molecule has 130 valence electrons. The van der Waals surface area contributed by atoms with Crippen LogP contribution < -0.4 is 0 Å². The minimum absolute atomic E-state index is 0.235. The summed E-state index contributed by atoms with van der Waals surface area (Å²) in [6.07, 6.45) is 0. The maximum absolute atomic E-state index is 11.1. The number of esters is 1. The highest BCUT2D eigenvalue weighted by Gasteiger charge is 2.04. The standard InChI is InChI=1S/C17H21NO4S2/c1-13(2)16(19)22-10-9-20-7-8-21-11-12-23-17-18-14-5-3-4-6-15(14)24-17/h3-6H,1,7-12H2,2H3. The smallest absolute Gasteiger partial charge is 0.333 e. The number of carbonyl (C=O) groups excluding carboxylic acids is 1. The highest BCUT2D eigenvalue weighted by molar-refractivity contribution is 8.01. The summed E-state index contributed by atoms with van der Waals surface area (Å²) >= 11 is 3.40. The van der Waals surface area contributed by atoms with Gasteiger partial charge in [-0.1, -0.05) is 30.5 Å². The fourth-order valence-corrected chi connectivity index (χ4v) is 3.73. The summed E-state index contributed by atoms with van der Waals surface area (Å²) in [4.78, 5) is 15.7. The lowest BCUT2D eigenvalue weighted by atomic mass is 10.3. The first-order valence-corrected chi connectivity index (χ1v) is 9.43. The molecule has 0 aliphatic heterocycles. The molecule has 2 aromatic rings. The van der Waals surface area contributed by atoms with Crippen LogP contribution in [0.5, 0.6) is 0 Å². The molecule has 24 heavy (non-hydrogen) atoms. The van der Waals surface area contributed by atoms with E-state index in [0.717, 1.165) is 15.6 Å². The van der Waals surface area contributed by atoms with Crippen molar-refractivity contribution in [2.24, 2.45) is 0 Å². The minimum Gasteiger partial charge on any atom is -0.460 e. The molecule has 1 aromatic carbocycles. The second-order valence-corrected chi connectivity index (χ2v) is 7.31. The number of thioether (sulfide) groups is 1. The van der Waals surface area contributed by atoms with E-state index in [1.54, 1.807) is 30.0 Å². The number of ether oxygens (including phenoxy) is 3. The Hall–Kier alpha value is -1.41. The van der Waals surface area contributed by atoms with E-state index in [2.05, 4.69) is 17.6 Å². The molecule has 0 amide bonds. The zero-order valence-electron chi connectivity index (χ0n) is 13.7. The number of hydrogen-bond acceptors (Lipinski definition) is 7. The maximum Gasteiger partial charge on any atom is 0.333 e. The third-order valence-electron chi connectivity index (χ3n) is 2.91. The number of carbonyl (C=O) groups is 1. The third kappa shape index (κ3) is 6.60. The van der Waals surface area contributed by atoms with Crippen LogP contribution in [-0.2, 0) is 19.0 Å². The number of aromatic nitrogens is 1. The molecule has 5 nitrogen and oxygen atoms in total. The van der Waals surface area contributed by atoms with Crippen LogP contribution in [0.4, 0.5) is 0 Å². The molecule has 0 aliphatic carbocycles. The number of hydrogen-bond donors (Lipinski definition) is 0. The van der Waals surface area contributed by atoms with Crippen molar-refractivity contribution in [1.29, 1.82) is 0 Å². The molecule has 0 N–H and O–H groups in total. The number of nitrogens with zero attached hydrogens (tertiary/aromatic N) is 1. The van der Waals surface area contributed by atoms with Gasteiger partial charge in [0.2, 0.25) is 0 Å². The van der Waals surface area contributed by atoms with E-state index in [0.29, 0.717) is 32.0 Å². The zero-order chi connectivity index (χ0) is 17.2. The Morgan fingerprint density at radius 3 is 2.62 bits per heavy atom. The van der Waals surface area contributed by atoms with Crippen molar-refractivity contribution >= 4 is 39.3 Å². The van der Waals surface area contributed by atoms with Crippen LogP contribution in [0.15, 0.2) is 40.8 Å². The Morgan fingerprint density at radius 1 is 1.17 bits per heavy atom. The molecule has 0 radical (unpaired) electrons. The number of benzene rings is 1. The normalized spacial score (nSPS) is 10.9. The van der Waals surface area contributed by atoms with Gasteiger partial charge < -0.3 is 14.2 Å². The topological polar surface area (TPSA) is 57.7 Å². The highest BCUT2D eigenvalue weighted by Crippen LogP contribution is 2.28. The molecule has 1 aromatic heterocycles. The van der Waals surface area contributed by atoms with Gasteiger partial charge in [0.25, 0.3) is 0 Å². The first kappa shape index (κ1) is 18.9. The van der Waals surface area contributed by atoms with Gasteiger partial charge in [-0.05, 0) is 19.1 Å². The summed E-state index contributed by atoms with van der Waals surface area (Å²) in [7, 11) is 0. The van der Waals surface area contributed by atoms with Gasteiger partial charge in [0.15, 0.2) is 4.34 Å². The molecule has 0 saturated carbocycles. The average molecular weight is 367 g/mol. The van der Waals surface area contributed by atoms with Gasteiger partial charge in [-0.3, -0.25) is 0 Å². The van der Waals surface area contributed by atoms with E-state index in [1.165, 1.54) is 4.70 Å². The van der Waals surface area contributed by atoms with E-state index < -0.39 is 0 Å². The lowest BCUT2D eigenvalue weighted by molar-refractivity contribution is -0.140. The van der Waals surface area contributed by atoms with Crippen LogP contribution in [0.25, 0.3) is 10.2 Å². The molecule has 0 spiro atoms. The first-order chi connectivity index (χ1) is 11.7. The molecule has 0 fully saturated rings. The second-order valence-electron chi connectivity index (χ2n) is 4.94. The Bertz CT molecular complexity index is 638. The number of para-hydroxylation sites is 1. The number of rotatable bonds is 11. The summed E-state index contributed by atoms with van der Waals surface area (Å²) < 4.78 is 18.0. The van der Waals surface area contributed by atoms with Crippen LogP contribution in [0.3, 0.4) is 0 Å². The molecule has 0 saturated heterocycles. The van der Waals surface area contributed by atoms with Crippen molar-refractivity contribution in [2.45, 2.75) is 11.3 Å². The molecular weight excluding hydrogens is 346 g/mol. The van der Waals surface area contributed by atoms with Crippen molar-refractivity contribution in [3.8, 4) is 0 Å². The van der Waals surface area contributed by atoms with Gasteiger partial charge in [0, 0.05) is 11.3 Å². The van der Waals surface area contributed by atoms with E-state index in [9.17, 15) is 4.79 Å². The zero-order valence-corrected chi connectivity index (χ0v) is 15.3. The first-order valence-electron chi connectivity index (χ1n) is 7.63. The van der Waals surface area contributed by atoms with E-state index in [-0.39, 0.29) is 12.6 Å². The fraction of sp³-hybridized carbons (Fsp3) is 0.412. The number of fused-ring (bicyclic) bond motifs is 1. The molecule has 1 heterocycles. The monoisotopic (exact) mass is 367 g/mol. The van der Waals surface area contributed by atoms with E-state index >= 15 is 0 Å². The molecule has 0 aliphatic rings. The van der Waals surface area contributed by atoms with Gasteiger partial charge in [0.05, 0.1) is 36.6 Å². The van der Waals surface area contributed by atoms with Gasteiger partial charge in [0.1, 0.15) is 6.61 Å². The Kier molecular flexibility index (Phi) is 8.24. The predicted molar refractivity (Wildman–Crippen MR) is 97.8 cm³/mol. The summed E-state index contributed by atoms with van der Waals surface area (Å²) in [5, 5.41) is 0. The van der Waals surface area contributed by atoms with Gasteiger partial charge in [-0.15, -0.1) is 11.3 Å². The lowest BCUT2D eigenvalue weighted by Gasteiger charge is -2.06. The van der Waals surface area contributed by atoms with Crippen molar-refractivity contribution in [2.75, 3.05) is 38.8 Å². The Balaban J connectivity index is 1.45. The summed E-state index contributed by atoms with van der Waals surface area (Å²) in [5.41, 5.74) is 1.44. The van der Waals surface area contributed by atoms with Crippen molar-refractivity contribution < 1.29 is 19.0 Å². The summed E-state index contributed by atoms with van der Waals surface area (Å²) in [6, 6.07) is 8.13. The SMILES string of the molecule is C=C(C)C(=O)OCCOCCOCCSc1nc2ccccc2s1. The van der Waals surface area contributed by atoms with Crippen LogP contribution in [0.1, 0.15) is 6.92 Å². The van der Waals surface area contributed by atoms with E-state index in [4.69, 9.17) is 14.2 Å². The van der Waals surface area contributed by atoms with E-state index in [1.807, 2.05) is 18.2 Å². The summed E-state index contributed by atoms with van der Waals surface area (Å²) in [6.45, 7) is 7.37. The summed E-state index contributed by atoms with van der Waals surface area (Å²) in [5.74, 6) is 0.470. The lowest BCUT2D eigenvalue weighted by Crippen LogP contribution is -2.13. The van der Waals surface area contributed by atoms with Crippen LogP contribution in [0, 0.1) is 0 Å². The van der Waals surface area contributed by atoms with Crippen LogP contribution >= 0.6 is 23.1 Å². The molecule has 0 atom stereocenters. The molecule has 0 unspecified atom stereocenters. The molecule has 0 bridgehead atoms. The highest BCUT2D eigenvalue weighted by atomic mass is 32.2. The predicted octanol–water partition coefficient (Wildman–Crippen LogP) is 3.54. The third-order valence-corrected chi connectivity index (χ3v) is 5.05. The van der Waals surface area contributed by atoms with Gasteiger partial charge >= 0.3 is 5.97 Å². The molecule has 7 heteroatoms. The quantitative estimate of drug-likeness (QED) is 0.262. The molecular formula is C17H21NO4S2.